The second-order valence-corrected chi connectivity index (χ2v) is 3.98. The number of carbonyl (C=O) groups is 1. The summed E-state index contributed by atoms with van der Waals surface area (Å²) >= 11 is 0. The van der Waals surface area contributed by atoms with Crippen molar-refractivity contribution in [2.24, 2.45) is 0 Å². The summed E-state index contributed by atoms with van der Waals surface area (Å²) < 4.78 is 18.5. The highest BCUT2D eigenvalue weighted by Crippen LogP contribution is 2.24. The number of benzene rings is 2. The van der Waals surface area contributed by atoms with Gasteiger partial charge in [-0.25, -0.2) is 4.39 Å². The molecule has 0 saturated carbocycles. The van der Waals surface area contributed by atoms with E-state index in [0.717, 1.165) is 0 Å². The molecule has 1 aromatic heterocycles. The third-order valence-corrected chi connectivity index (χ3v) is 2.90. The maximum absolute atomic E-state index is 13.6. The molecule has 0 saturated heterocycles. The molecule has 0 aliphatic heterocycles. The minimum atomic E-state index is -0.325. The van der Waals surface area contributed by atoms with Gasteiger partial charge in [0.25, 0.3) is 0 Å². The molecule has 0 amide bonds. The normalized spacial score (nSPS) is 10.7. The van der Waals surface area contributed by atoms with E-state index in [2.05, 4.69) is 0 Å². The highest BCUT2D eigenvalue weighted by atomic mass is 19.1. The highest BCUT2D eigenvalue weighted by Gasteiger charge is 2.14. The molecule has 2 aromatic carbocycles. The Morgan fingerprint density at radius 2 is 1.78 bits per heavy atom. The van der Waals surface area contributed by atoms with E-state index in [1.165, 1.54) is 24.7 Å². The number of hydrogen-bond acceptors (Lipinski definition) is 2. The van der Waals surface area contributed by atoms with Gasteiger partial charge in [0, 0.05) is 10.9 Å². The molecule has 0 aliphatic carbocycles. The largest absolute Gasteiger partial charge is 0.472 e. The first-order valence-electron chi connectivity index (χ1n) is 5.51. The molecule has 88 valence electrons. The molecule has 1 heterocycles. The first-order valence-corrected chi connectivity index (χ1v) is 5.51. The van der Waals surface area contributed by atoms with E-state index in [4.69, 9.17) is 4.42 Å². The molecule has 0 N–H and O–H groups in total. The van der Waals surface area contributed by atoms with E-state index >= 15 is 0 Å². The van der Waals surface area contributed by atoms with Crippen LogP contribution in [-0.4, -0.2) is 5.78 Å². The Morgan fingerprint density at radius 3 is 2.50 bits per heavy atom. The van der Waals surface area contributed by atoms with E-state index in [0.29, 0.717) is 21.9 Å². The lowest BCUT2D eigenvalue weighted by Gasteiger charge is -2.05. The van der Waals surface area contributed by atoms with Crippen molar-refractivity contribution in [2.45, 2.75) is 0 Å². The summed E-state index contributed by atoms with van der Waals surface area (Å²) in [6, 6.07) is 11.4. The van der Waals surface area contributed by atoms with Crippen LogP contribution < -0.4 is 0 Å². The number of halogens is 1. The van der Waals surface area contributed by atoms with E-state index in [1.54, 1.807) is 30.3 Å². The van der Waals surface area contributed by atoms with Gasteiger partial charge in [0.05, 0.1) is 11.8 Å². The molecule has 3 rings (SSSR count). The van der Waals surface area contributed by atoms with Crippen LogP contribution >= 0.6 is 0 Å². The van der Waals surface area contributed by atoms with E-state index in [-0.39, 0.29) is 11.6 Å². The van der Waals surface area contributed by atoms with Crippen molar-refractivity contribution in [1.82, 2.24) is 0 Å². The van der Waals surface area contributed by atoms with Gasteiger partial charge >= 0.3 is 0 Å². The summed E-state index contributed by atoms with van der Waals surface area (Å²) in [5, 5.41) is 1.07. The summed E-state index contributed by atoms with van der Waals surface area (Å²) in [6.45, 7) is 0. The fraction of sp³-hybridized carbons (Fsp3) is 0. The number of ketones is 1. The third kappa shape index (κ3) is 1.61. The number of furan rings is 1. The van der Waals surface area contributed by atoms with Crippen molar-refractivity contribution in [3.05, 3.63) is 71.9 Å². The quantitative estimate of drug-likeness (QED) is 0.638. The first kappa shape index (κ1) is 10.7. The van der Waals surface area contributed by atoms with Gasteiger partial charge < -0.3 is 4.42 Å². The van der Waals surface area contributed by atoms with Crippen LogP contribution in [0.4, 0.5) is 4.39 Å². The summed E-state index contributed by atoms with van der Waals surface area (Å²) in [5.41, 5.74) is 0.945. The van der Waals surface area contributed by atoms with Crippen LogP contribution in [0.1, 0.15) is 15.9 Å². The Morgan fingerprint density at radius 1 is 1.00 bits per heavy atom. The van der Waals surface area contributed by atoms with Crippen LogP contribution in [0.2, 0.25) is 0 Å². The van der Waals surface area contributed by atoms with Gasteiger partial charge in [-0.2, -0.15) is 0 Å². The zero-order valence-corrected chi connectivity index (χ0v) is 9.39. The van der Waals surface area contributed by atoms with Crippen molar-refractivity contribution in [3.8, 4) is 0 Å². The molecule has 0 aliphatic rings. The number of carbonyl (C=O) groups excluding carboxylic acids is 1. The summed E-state index contributed by atoms with van der Waals surface area (Å²) in [4.78, 5) is 12.3. The van der Waals surface area contributed by atoms with Gasteiger partial charge in [-0.15, -0.1) is 0 Å². The zero-order valence-electron chi connectivity index (χ0n) is 9.39. The van der Waals surface area contributed by atoms with E-state index in [9.17, 15) is 9.18 Å². The predicted octanol–water partition coefficient (Wildman–Crippen LogP) is 3.80. The van der Waals surface area contributed by atoms with E-state index < -0.39 is 0 Å². The van der Waals surface area contributed by atoms with Crippen LogP contribution in [0, 0.1) is 5.82 Å². The highest BCUT2D eigenvalue weighted by molar-refractivity contribution is 6.16. The Kier molecular flexibility index (Phi) is 2.45. The molecule has 0 bridgehead atoms. The second-order valence-electron chi connectivity index (χ2n) is 3.98. The van der Waals surface area contributed by atoms with Gasteiger partial charge in [0.15, 0.2) is 5.78 Å². The van der Waals surface area contributed by atoms with Crippen molar-refractivity contribution in [2.75, 3.05) is 0 Å². The lowest BCUT2D eigenvalue weighted by atomic mass is 9.98. The molecule has 0 radical (unpaired) electrons. The molecule has 2 nitrogen and oxygen atoms in total. The lowest BCUT2D eigenvalue weighted by molar-refractivity contribution is 0.103. The molecule has 3 heteroatoms. The number of rotatable bonds is 2. The van der Waals surface area contributed by atoms with E-state index in [1.807, 2.05) is 0 Å². The van der Waals surface area contributed by atoms with Crippen molar-refractivity contribution < 1.29 is 13.6 Å². The van der Waals surface area contributed by atoms with Crippen LogP contribution in [0.25, 0.3) is 10.8 Å². The average molecular weight is 240 g/mol. The van der Waals surface area contributed by atoms with Crippen LogP contribution in [0.15, 0.2) is 59.4 Å². The molecule has 3 aromatic rings. The molecule has 0 atom stereocenters. The minimum absolute atomic E-state index is 0.167. The standard InChI is InChI=1S/C15H9FO2/c16-14-6-5-13(11-3-1-2-4-12(11)14)15(17)10-7-8-18-9-10/h1-9H. The van der Waals surface area contributed by atoms with Gasteiger partial charge in [-0.3, -0.25) is 4.79 Å². The van der Waals surface area contributed by atoms with Crippen LogP contribution in [0.5, 0.6) is 0 Å². The summed E-state index contributed by atoms with van der Waals surface area (Å²) in [6.07, 6.45) is 2.83. The van der Waals surface area contributed by atoms with Gasteiger partial charge in [-0.1, -0.05) is 24.3 Å². The van der Waals surface area contributed by atoms with Crippen molar-refractivity contribution >= 4 is 16.6 Å². The molecule has 0 unspecified atom stereocenters. The van der Waals surface area contributed by atoms with Gasteiger partial charge in [0.1, 0.15) is 12.1 Å². The fourth-order valence-electron chi connectivity index (χ4n) is 2.01. The Bertz CT molecular complexity index is 714. The SMILES string of the molecule is O=C(c1ccoc1)c1ccc(F)c2ccccc12. The first-order chi connectivity index (χ1) is 8.77. The van der Waals surface area contributed by atoms with Gasteiger partial charge in [0.2, 0.25) is 0 Å². The van der Waals surface area contributed by atoms with Crippen LogP contribution in [-0.2, 0) is 0 Å². The maximum atomic E-state index is 13.6. The predicted molar refractivity (Wildman–Crippen MR) is 66.0 cm³/mol. The number of fused-ring (bicyclic) bond motifs is 1. The molecule has 0 spiro atoms. The molecule has 18 heavy (non-hydrogen) atoms. The summed E-state index contributed by atoms with van der Waals surface area (Å²) in [7, 11) is 0. The Balaban J connectivity index is 2.25. The third-order valence-electron chi connectivity index (χ3n) is 2.90. The Hall–Kier alpha value is -2.42. The average Bonchev–Trinajstić information content (AvgIpc) is 2.93. The lowest BCUT2D eigenvalue weighted by Crippen LogP contribution is -2.01. The van der Waals surface area contributed by atoms with Crippen LogP contribution in [0.3, 0.4) is 0 Å². The zero-order chi connectivity index (χ0) is 12.5. The second kappa shape index (κ2) is 4.11. The fourth-order valence-corrected chi connectivity index (χ4v) is 2.01. The van der Waals surface area contributed by atoms with Gasteiger partial charge in [-0.05, 0) is 23.6 Å². The smallest absolute Gasteiger partial charge is 0.196 e. The summed E-state index contributed by atoms with van der Waals surface area (Å²) in [5.74, 6) is -0.491. The Labute approximate surface area is 103 Å². The molecular weight excluding hydrogens is 231 g/mol. The topological polar surface area (TPSA) is 30.2 Å². The maximum Gasteiger partial charge on any atom is 0.196 e. The molecule has 0 fully saturated rings. The molecular formula is C15H9FO2. The number of hydrogen-bond donors (Lipinski definition) is 0. The van der Waals surface area contributed by atoms with Crippen molar-refractivity contribution in [1.29, 1.82) is 0 Å². The van der Waals surface area contributed by atoms with Crippen molar-refractivity contribution in [3.63, 3.8) is 0 Å². The monoisotopic (exact) mass is 240 g/mol. The minimum Gasteiger partial charge on any atom is -0.472 e.